The maximum Gasteiger partial charge on any atom is 0.0485 e. The van der Waals surface area contributed by atoms with E-state index in [1.54, 1.807) is 0 Å². The lowest BCUT2D eigenvalue weighted by Crippen LogP contribution is -2.14. The Kier molecular flexibility index (Phi) is 3.20. The van der Waals surface area contributed by atoms with Crippen LogP contribution in [-0.2, 0) is 6.42 Å². The zero-order valence-electron chi connectivity index (χ0n) is 9.90. The predicted octanol–water partition coefficient (Wildman–Crippen LogP) is 2.68. The van der Waals surface area contributed by atoms with Crippen LogP contribution >= 0.6 is 0 Å². The zero-order valence-corrected chi connectivity index (χ0v) is 9.90. The van der Waals surface area contributed by atoms with Crippen LogP contribution in [0.15, 0.2) is 30.5 Å². The highest BCUT2D eigenvalue weighted by molar-refractivity contribution is 5.85. The maximum atomic E-state index is 5.67. The summed E-state index contributed by atoms with van der Waals surface area (Å²) in [6.07, 6.45) is 2.84. The molecule has 1 atom stereocenters. The topological polar surface area (TPSA) is 38.9 Å². The van der Waals surface area contributed by atoms with Gasteiger partial charge in [0.2, 0.25) is 0 Å². The highest BCUT2D eigenvalue weighted by Gasteiger charge is 2.06. The van der Waals surface area contributed by atoms with Gasteiger partial charge < -0.3 is 5.73 Å². The Morgan fingerprint density at radius 1 is 1.31 bits per heavy atom. The van der Waals surface area contributed by atoms with Crippen LogP contribution in [0.2, 0.25) is 0 Å². The van der Waals surface area contributed by atoms with Crippen molar-refractivity contribution in [2.24, 2.45) is 11.7 Å². The standard InChI is InChI=1S/C14H18N2/c1-10-3-4-12-5-6-16-14(13(12)7-10)8-11(2)9-15/h3-7,11H,8-9,15H2,1-2H3. The van der Waals surface area contributed by atoms with Crippen molar-refractivity contribution in [2.45, 2.75) is 20.3 Å². The molecule has 1 aromatic heterocycles. The molecule has 2 rings (SSSR count). The summed E-state index contributed by atoms with van der Waals surface area (Å²) in [4.78, 5) is 4.48. The van der Waals surface area contributed by atoms with Crippen LogP contribution in [0.4, 0.5) is 0 Å². The third kappa shape index (κ3) is 2.22. The Balaban J connectivity index is 2.47. The van der Waals surface area contributed by atoms with Crippen molar-refractivity contribution >= 4 is 10.8 Å². The number of pyridine rings is 1. The molecule has 0 radical (unpaired) electrons. The van der Waals surface area contributed by atoms with Crippen molar-refractivity contribution in [3.05, 3.63) is 41.7 Å². The number of hydrogen-bond acceptors (Lipinski definition) is 2. The molecule has 2 nitrogen and oxygen atoms in total. The molecule has 0 bridgehead atoms. The number of aromatic nitrogens is 1. The monoisotopic (exact) mass is 214 g/mol. The Bertz CT molecular complexity index is 491. The average molecular weight is 214 g/mol. The van der Waals surface area contributed by atoms with E-state index in [1.165, 1.54) is 22.0 Å². The number of aryl methyl sites for hydroxylation is 1. The fraction of sp³-hybridized carbons (Fsp3) is 0.357. The van der Waals surface area contributed by atoms with E-state index >= 15 is 0 Å². The van der Waals surface area contributed by atoms with Crippen LogP contribution in [-0.4, -0.2) is 11.5 Å². The van der Waals surface area contributed by atoms with Crippen LogP contribution in [0.25, 0.3) is 10.8 Å². The van der Waals surface area contributed by atoms with Crippen molar-refractivity contribution in [1.82, 2.24) is 4.98 Å². The first-order chi connectivity index (χ1) is 7.70. The fourth-order valence-corrected chi connectivity index (χ4v) is 1.92. The quantitative estimate of drug-likeness (QED) is 0.853. The van der Waals surface area contributed by atoms with Gasteiger partial charge in [-0.1, -0.05) is 24.6 Å². The van der Waals surface area contributed by atoms with E-state index in [-0.39, 0.29) is 0 Å². The molecule has 0 saturated carbocycles. The molecule has 0 saturated heterocycles. The SMILES string of the molecule is Cc1ccc2ccnc(CC(C)CN)c2c1. The molecule has 1 aromatic carbocycles. The molecule has 0 spiro atoms. The third-order valence-electron chi connectivity index (χ3n) is 2.95. The Labute approximate surface area is 96.5 Å². The van der Waals surface area contributed by atoms with Gasteiger partial charge in [-0.15, -0.1) is 0 Å². The molecular formula is C14H18N2. The summed E-state index contributed by atoms with van der Waals surface area (Å²) >= 11 is 0. The van der Waals surface area contributed by atoms with Crippen LogP contribution in [0.3, 0.4) is 0 Å². The summed E-state index contributed by atoms with van der Waals surface area (Å²) < 4.78 is 0. The first-order valence-corrected chi connectivity index (χ1v) is 5.75. The molecule has 2 N–H and O–H groups in total. The van der Waals surface area contributed by atoms with E-state index in [9.17, 15) is 0 Å². The van der Waals surface area contributed by atoms with Gasteiger partial charge in [-0.25, -0.2) is 0 Å². The number of rotatable bonds is 3. The van der Waals surface area contributed by atoms with Crippen LogP contribution in [0.5, 0.6) is 0 Å². The van der Waals surface area contributed by atoms with Crippen molar-refractivity contribution < 1.29 is 0 Å². The van der Waals surface area contributed by atoms with Crippen molar-refractivity contribution in [2.75, 3.05) is 6.54 Å². The highest BCUT2D eigenvalue weighted by atomic mass is 14.7. The van der Waals surface area contributed by atoms with E-state index in [2.05, 4.69) is 43.1 Å². The molecule has 0 aliphatic carbocycles. The van der Waals surface area contributed by atoms with Crippen LogP contribution < -0.4 is 5.73 Å². The first kappa shape index (κ1) is 11.1. The number of benzene rings is 1. The summed E-state index contributed by atoms with van der Waals surface area (Å²) in [6, 6.07) is 8.56. The smallest absolute Gasteiger partial charge is 0.0485 e. The number of nitrogens with zero attached hydrogens (tertiary/aromatic N) is 1. The summed E-state index contributed by atoms with van der Waals surface area (Å²) in [5.74, 6) is 0.485. The van der Waals surface area contributed by atoms with E-state index in [1.807, 2.05) is 6.20 Å². The number of hydrogen-bond donors (Lipinski definition) is 1. The van der Waals surface area contributed by atoms with Gasteiger partial charge in [0.15, 0.2) is 0 Å². The molecule has 2 aromatic rings. The van der Waals surface area contributed by atoms with E-state index in [4.69, 9.17) is 5.73 Å². The van der Waals surface area contributed by atoms with Gasteiger partial charge in [0.05, 0.1) is 0 Å². The van der Waals surface area contributed by atoms with Crippen LogP contribution in [0.1, 0.15) is 18.2 Å². The number of fused-ring (bicyclic) bond motifs is 1. The van der Waals surface area contributed by atoms with Gasteiger partial charge in [0.25, 0.3) is 0 Å². The Morgan fingerprint density at radius 2 is 2.12 bits per heavy atom. The van der Waals surface area contributed by atoms with Gasteiger partial charge in [-0.05, 0) is 43.3 Å². The molecular weight excluding hydrogens is 196 g/mol. The molecule has 0 fully saturated rings. The Morgan fingerprint density at radius 3 is 2.88 bits per heavy atom. The van der Waals surface area contributed by atoms with Crippen molar-refractivity contribution in [1.29, 1.82) is 0 Å². The van der Waals surface area contributed by atoms with E-state index in [0.717, 1.165) is 6.42 Å². The summed E-state index contributed by atoms with van der Waals surface area (Å²) in [6.45, 7) is 4.99. The van der Waals surface area contributed by atoms with E-state index < -0.39 is 0 Å². The molecule has 1 unspecified atom stereocenters. The summed E-state index contributed by atoms with van der Waals surface area (Å²) in [7, 11) is 0. The molecule has 84 valence electrons. The minimum atomic E-state index is 0.485. The van der Waals surface area contributed by atoms with Gasteiger partial charge in [0.1, 0.15) is 0 Å². The molecule has 2 heteroatoms. The van der Waals surface area contributed by atoms with Gasteiger partial charge in [-0.2, -0.15) is 0 Å². The maximum absolute atomic E-state index is 5.67. The average Bonchev–Trinajstić information content (AvgIpc) is 2.29. The fourth-order valence-electron chi connectivity index (χ4n) is 1.92. The minimum absolute atomic E-state index is 0.485. The molecule has 1 heterocycles. The molecule has 16 heavy (non-hydrogen) atoms. The number of nitrogens with two attached hydrogens (primary N) is 1. The van der Waals surface area contributed by atoms with Gasteiger partial charge in [0, 0.05) is 17.3 Å². The zero-order chi connectivity index (χ0) is 11.5. The van der Waals surface area contributed by atoms with Crippen LogP contribution in [0, 0.1) is 12.8 Å². The Hall–Kier alpha value is -1.41. The first-order valence-electron chi connectivity index (χ1n) is 5.75. The highest BCUT2D eigenvalue weighted by Crippen LogP contribution is 2.20. The van der Waals surface area contributed by atoms with Crippen molar-refractivity contribution in [3.63, 3.8) is 0 Å². The lowest BCUT2D eigenvalue weighted by Gasteiger charge is -2.10. The lowest BCUT2D eigenvalue weighted by molar-refractivity contribution is 0.587. The second-order valence-corrected chi connectivity index (χ2v) is 4.53. The summed E-state index contributed by atoms with van der Waals surface area (Å²) in [5, 5.41) is 2.53. The molecule has 0 aliphatic heterocycles. The second kappa shape index (κ2) is 4.62. The largest absolute Gasteiger partial charge is 0.330 e. The third-order valence-corrected chi connectivity index (χ3v) is 2.95. The van der Waals surface area contributed by atoms with Gasteiger partial charge >= 0.3 is 0 Å². The predicted molar refractivity (Wildman–Crippen MR) is 68.4 cm³/mol. The lowest BCUT2D eigenvalue weighted by atomic mass is 10.00. The minimum Gasteiger partial charge on any atom is -0.330 e. The molecule has 0 aliphatic rings. The summed E-state index contributed by atoms with van der Waals surface area (Å²) in [5.41, 5.74) is 8.11. The van der Waals surface area contributed by atoms with E-state index in [0.29, 0.717) is 12.5 Å². The molecule has 0 amide bonds. The van der Waals surface area contributed by atoms with Gasteiger partial charge in [-0.3, -0.25) is 4.98 Å². The second-order valence-electron chi connectivity index (χ2n) is 4.53. The van der Waals surface area contributed by atoms with Crippen molar-refractivity contribution in [3.8, 4) is 0 Å². The normalized spacial score (nSPS) is 12.9.